The van der Waals surface area contributed by atoms with E-state index in [1.807, 2.05) is 18.3 Å². The molecule has 0 saturated heterocycles. The van der Waals surface area contributed by atoms with Crippen molar-refractivity contribution in [3.63, 3.8) is 0 Å². The Kier molecular flexibility index (Phi) is 9.27. The molecule has 6 aromatic rings. The van der Waals surface area contributed by atoms with Crippen LogP contribution in [0.15, 0.2) is 121 Å². The second-order valence-corrected chi connectivity index (χ2v) is 11.3. The molecule has 4 aromatic carbocycles. The van der Waals surface area contributed by atoms with E-state index in [1.54, 1.807) is 0 Å². The lowest BCUT2D eigenvalue weighted by atomic mass is 10.0. The van der Waals surface area contributed by atoms with Crippen molar-refractivity contribution < 1.29 is 0 Å². The first-order valence-electron chi connectivity index (χ1n) is 15.8. The summed E-state index contributed by atoms with van der Waals surface area (Å²) in [6.45, 7) is 4.45. The first kappa shape index (κ1) is 29.1. The molecule has 0 saturated carbocycles. The van der Waals surface area contributed by atoms with E-state index < -0.39 is 0 Å². The molecule has 0 amide bonds. The molecule has 44 heavy (non-hydrogen) atoms. The minimum atomic E-state index is 0.619. The Bertz CT molecular complexity index is 1710. The van der Waals surface area contributed by atoms with Gasteiger partial charge in [0.05, 0.1) is 5.69 Å². The maximum atomic E-state index is 4.94. The van der Waals surface area contributed by atoms with Crippen molar-refractivity contribution in [2.45, 2.75) is 52.4 Å². The van der Waals surface area contributed by atoms with Gasteiger partial charge in [0.25, 0.3) is 0 Å². The number of hydrogen-bond donors (Lipinski definition) is 0. The molecule has 0 aliphatic carbocycles. The van der Waals surface area contributed by atoms with Gasteiger partial charge in [0, 0.05) is 28.5 Å². The van der Waals surface area contributed by atoms with Gasteiger partial charge in [0.2, 0.25) is 0 Å². The van der Waals surface area contributed by atoms with E-state index in [0.29, 0.717) is 17.5 Å². The average Bonchev–Trinajstić information content (AvgIpc) is 3.10. The van der Waals surface area contributed by atoms with Gasteiger partial charge in [-0.3, -0.25) is 4.98 Å². The van der Waals surface area contributed by atoms with Gasteiger partial charge in [0.1, 0.15) is 0 Å². The normalized spacial score (nSPS) is 11.0. The summed E-state index contributed by atoms with van der Waals surface area (Å²) >= 11 is 0. The number of benzene rings is 4. The van der Waals surface area contributed by atoms with Crippen LogP contribution in [0.4, 0.5) is 0 Å². The Morgan fingerprint density at radius 3 is 1.32 bits per heavy atom. The van der Waals surface area contributed by atoms with Crippen LogP contribution >= 0.6 is 0 Å². The Labute approximate surface area is 261 Å². The maximum absolute atomic E-state index is 4.94. The van der Waals surface area contributed by atoms with Crippen molar-refractivity contribution >= 4 is 0 Å². The van der Waals surface area contributed by atoms with Crippen LogP contribution in [-0.4, -0.2) is 19.9 Å². The number of rotatable bonds is 11. The van der Waals surface area contributed by atoms with Crippen LogP contribution in [-0.2, 0) is 12.8 Å². The highest BCUT2D eigenvalue weighted by atomic mass is 15.0. The van der Waals surface area contributed by atoms with Crippen LogP contribution in [0.2, 0.25) is 0 Å². The number of aryl methyl sites for hydroxylation is 2. The molecule has 0 aliphatic rings. The fourth-order valence-corrected chi connectivity index (χ4v) is 5.33. The van der Waals surface area contributed by atoms with Crippen LogP contribution in [0, 0.1) is 0 Å². The van der Waals surface area contributed by atoms with Crippen LogP contribution in [0.5, 0.6) is 0 Å². The van der Waals surface area contributed by atoms with Crippen molar-refractivity contribution in [2.75, 3.05) is 0 Å². The van der Waals surface area contributed by atoms with Gasteiger partial charge in [-0.1, -0.05) is 130 Å². The fraction of sp³-hybridized carbons (Fsp3) is 0.200. The molecule has 0 atom stereocenters. The molecule has 0 unspecified atom stereocenters. The van der Waals surface area contributed by atoms with Crippen molar-refractivity contribution in [3.8, 4) is 56.5 Å². The maximum Gasteiger partial charge on any atom is 0.165 e. The number of unbranched alkanes of at least 4 members (excludes halogenated alkanes) is 2. The summed E-state index contributed by atoms with van der Waals surface area (Å²) in [6, 6.07) is 40.3. The van der Waals surface area contributed by atoms with Crippen molar-refractivity contribution in [1.29, 1.82) is 0 Å². The molecule has 0 spiro atoms. The zero-order valence-corrected chi connectivity index (χ0v) is 25.6. The van der Waals surface area contributed by atoms with Gasteiger partial charge >= 0.3 is 0 Å². The van der Waals surface area contributed by atoms with Crippen LogP contribution in [0.3, 0.4) is 0 Å². The first-order valence-corrected chi connectivity index (χ1v) is 15.8. The van der Waals surface area contributed by atoms with Gasteiger partial charge in [0.15, 0.2) is 17.5 Å². The second kappa shape index (κ2) is 14.0. The molecule has 0 fully saturated rings. The van der Waals surface area contributed by atoms with Gasteiger partial charge in [-0.2, -0.15) is 0 Å². The number of hydrogen-bond acceptors (Lipinski definition) is 4. The predicted molar refractivity (Wildman–Crippen MR) is 182 cm³/mol. The molecule has 0 aliphatic heterocycles. The van der Waals surface area contributed by atoms with Gasteiger partial charge in [-0.15, -0.1) is 0 Å². The summed E-state index contributed by atoms with van der Waals surface area (Å²) in [4.78, 5) is 19.6. The highest BCUT2D eigenvalue weighted by Gasteiger charge is 2.13. The van der Waals surface area contributed by atoms with E-state index >= 15 is 0 Å². The topological polar surface area (TPSA) is 51.6 Å². The average molecular weight is 575 g/mol. The third-order valence-corrected chi connectivity index (χ3v) is 8.01. The smallest absolute Gasteiger partial charge is 0.165 e. The molecule has 6 rings (SSSR count). The predicted octanol–water partition coefficient (Wildman–Crippen LogP) is 10.3. The second-order valence-electron chi connectivity index (χ2n) is 11.3. The summed E-state index contributed by atoms with van der Waals surface area (Å²) < 4.78 is 0. The molecule has 2 heterocycles. The largest absolute Gasteiger partial charge is 0.255 e. The summed E-state index contributed by atoms with van der Waals surface area (Å²) in [6.07, 6.45) is 8.78. The third kappa shape index (κ3) is 6.98. The zero-order valence-electron chi connectivity index (χ0n) is 25.6. The molecular weight excluding hydrogens is 536 g/mol. The van der Waals surface area contributed by atoms with Gasteiger partial charge < -0.3 is 0 Å². The lowest BCUT2D eigenvalue weighted by Crippen LogP contribution is -2.01. The first-order chi connectivity index (χ1) is 21.7. The molecule has 0 radical (unpaired) electrons. The monoisotopic (exact) mass is 574 g/mol. The fourth-order valence-electron chi connectivity index (χ4n) is 5.33. The molecule has 4 nitrogen and oxygen atoms in total. The van der Waals surface area contributed by atoms with E-state index in [-0.39, 0.29) is 0 Å². The molecule has 0 N–H and O–H groups in total. The highest BCUT2D eigenvalue weighted by molar-refractivity contribution is 5.71. The zero-order chi connectivity index (χ0) is 30.1. The quantitative estimate of drug-likeness (QED) is 0.154. The standard InChI is InChI=1S/C40H38N4/c1-3-5-10-29-14-18-34(19-15-29)38-42-39(35-20-16-30(17-21-35)11-6-4-2)44-40(43-38)36-26-27-37(41-28-36)33-24-22-32(23-25-33)31-12-8-7-9-13-31/h7-9,12-28H,3-6,10-11H2,1-2H3. The van der Waals surface area contributed by atoms with E-state index in [9.17, 15) is 0 Å². The van der Waals surface area contributed by atoms with Crippen molar-refractivity contribution in [3.05, 3.63) is 133 Å². The Hall–Kier alpha value is -4.96. The van der Waals surface area contributed by atoms with Crippen molar-refractivity contribution in [1.82, 2.24) is 19.9 Å². The number of nitrogens with zero attached hydrogens (tertiary/aromatic N) is 4. The van der Waals surface area contributed by atoms with Gasteiger partial charge in [-0.25, -0.2) is 15.0 Å². The molecule has 4 heteroatoms. The van der Waals surface area contributed by atoms with Crippen LogP contribution in [0.25, 0.3) is 56.5 Å². The highest BCUT2D eigenvalue weighted by Crippen LogP contribution is 2.28. The summed E-state index contributed by atoms with van der Waals surface area (Å²) in [7, 11) is 0. The van der Waals surface area contributed by atoms with Crippen LogP contribution in [0.1, 0.15) is 50.7 Å². The van der Waals surface area contributed by atoms with E-state index in [2.05, 4.69) is 117 Å². The minimum Gasteiger partial charge on any atom is -0.255 e. The number of pyridine rings is 1. The molecular formula is C40H38N4. The summed E-state index contributed by atoms with van der Waals surface area (Å²) in [5, 5.41) is 0. The van der Waals surface area contributed by atoms with E-state index in [4.69, 9.17) is 19.9 Å². The van der Waals surface area contributed by atoms with E-state index in [0.717, 1.165) is 40.8 Å². The number of aromatic nitrogens is 4. The Morgan fingerprint density at radius 1 is 0.409 bits per heavy atom. The lowest BCUT2D eigenvalue weighted by Gasteiger charge is -2.10. The minimum absolute atomic E-state index is 0.619. The summed E-state index contributed by atoms with van der Waals surface area (Å²) in [5.74, 6) is 1.96. The molecule has 218 valence electrons. The third-order valence-electron chi connectivity index (χ3n) is 8.01. The van der Waals surface area contributed by atoms with Gasteiger partial charge in [-0.05, 0) is 60.1 Å². The summed E-state index contributed by atoms with van der Waals surface area (Å²) in [5.41, 5.74) is 9.87. The SMILES string of the molecule is CCCCc1ccc(-c2nc(-c3ccc(CCCC)cc3)nc(-c3ccc(-c4ccc(-c5ccccc5)cc4)nc3)n2)cc1. The Balaban J connectivity index is 1.32. The van der Waals surface area contributed by atoms with E-state index in [1.165, 1.54) is 47.9 Å². The van der Waals surface area contributed by atoms with Crippen molar-refractivity contribution in [2.24, 2.45) is 0 Å². The lowest BCUT2D eigenvalue weighted by molar-refractivity contribution is 0.795. The Morgan fingerprint density at radius 2 is 0.841 bits per heavy atom. The molecule has 2 aromatic heterocycles. The molecule has 0 bridgehead atoms. The van der Waals surface area contributed by atoms with Crippen LogP contribution < -0.4 is 0 Å².